The van der Waals surface area contributed by atoms with Crippen molar-refractivity contribution >= 4 is 35.3 Å². The first-order valence-electron chi connectivity index (χ1n) is 19.2. The van der Waals surface area contributed by atoms with Gasteiger partial charge in [0.1, 0.15) is 5.72 Å². The summed E-state index contributed by atoms with van der Waals surface area (Å²) in [6.45, 7) is 10.7. The summed E-state index contributed by atoms with van der Waals surface area (Å²) in [6.07, 6.45) is 1.59. The normalized spacial score (nSPS) is 15.2. The van der Waals surface area contributed by atoms with Crippen LogP contribution in [0.5, 0.6) is 0 Å². The Hall–Kier alpha value is -5.38. The van der Waals surface area contributed by atoms with E-state index in [0.717, 1.165) is 33.0 Å². The topological polar surface area (TPSA) is 189 Å². The van der Waals surface area contributed by atoms with Crippen LogP contribution in [0.1, 0.15) is 74.3 Å². The first-order chi connectivity index (χ1) is 27.1. The first kappa shape index (κ1) is 42.8. The van der Waals surface area contributed by atoms with Crippen LogP contribution in [0.2, 0.25) is 0 Å². The molecule has 4 aromatic rings. The molecule has 0 radical (unpaired) electrons. The number of aliphatic hydroxyl groups is 1. The van der Waals surface area contributed by atoms with Crippen LogP contribution < -0.4 is 21.5 Å². The highest BCUT2D eigenvalue weighted by Crippen LogP contribution is 2.30. The molecule has 3 heterocycles. The molecule has 1 fully saturated rings. The quantitative estimate of drug-likeness (QED) is 0.0533. The van der Waals surface area contributed by atoms with Crippen molar-refractivity contribution in [3.05, 3.63) is 106 Å². The van der Waals surface area contributed by atoms with Crippen molar-refractivity contribution in [1.29, 1.82) is 0 Å². The Morgan fingerprint density at radius 1 is 0.982 bits per heavy atom. The lowest BCUT2D eigenvalue weighted by atomic mass is 9.86. The fourth-order valence-corrected chi connectivity index (χ4v) is 7.56. The minimum Gasteiger partial charge on any atom is -0.465 e. The average Bonchev–Trinajstić information content (AvgIpc) is 3.77. The van der Waals surface area contributed by atoms with Crippen molar-refractivity contribution in [3.8, 4) is 11.3 Å². The third-order valence-corrected chi connectivity index (χ3v) is 11.3. The van der Waals surface area contributed by atoms with Gasteiger partial charge in [0.05, 0.1) is 28.4 Å². The van der Waals surface area contributed by atoms with Gasteiger partial charge >= 0.3 is 12.1 Å². The van der Waals surface area contributed by atoms with Crippen molar-refractivity contribution in [2.45, 2.75) is 91.1 Å². The summed E-state index contributed by atoms with van der Waals surface area (Å²) in [4.78, 5) is 64.2. The summed E-state index contributed by atoms with van der Waals surface area (Å²) in [7, 11) is 0. The van der Waals surface area contributed by atoms with Crippen molar-refractivity contribution in [2.24, 2.45) is 5.41 Å². The Morgan fingerprint density at radius 3 is 2.40 bits per heavy atom. The Bertz CT molecular complexity index is 2010. The fraction of sp³-hybridized carbons (Fsp3) is 0.429. The zero-order chi connectivity index (χ0) is 41.2. The van der Waals surface area contributed by atoms with E-state index in [-0.39, 0.29) is 44.3 Å². The number of amides is 5. The van der Waals surface area contributed by atoms with Crippen LogP contribution in [0.3, 0.4) is 0 Å². The number of nitrogens with zero attached hydrogens (tertiary/aromatic N) is 4. The molecule has 57 heavy (non-hydrogen) atoms. The van der Waals surface area contributed by atoms with Gasteiger partial charge in [-0.3, -0.25) is 20.0 Å². The molecule has 2 aromatic carbocycles. The van der Waals surface area contributed by atoms with Crippen molar-refractivity contribution in [2.75, 3.05) is 19.6 Å². The molecular weight excluding hydrogens is 745 g/mol. The number of hydrogen-bond donors (Lipinski definition) is 6. The van der Waals surface area contributed by atoms with Gasteiger partial charge in [-0.25, -0.2) is 20.0 Å². The summed E-state index contributed by atoms with van der Waals surface area (Å²) in [5, 5.41) is 29.7. The molecule has 1 aliphatic rings. The van der Waals surface area contributed by atoms with Gasteiger partial charge in [0, 0.05) is 61.7 Å². The van der Waals surface area contributed by atoms with Crippen molar-refractivity contribution in [3.63, 3.8) is 0 Å². The molecule has 6 N–H and O–H groups in total. The Kier molecular flexibility index (Phi) is 14.0. The minimum atomic E-state index is -1.70. The number of urea groups is 1. The largest absolute Gasteiger partial charge is 0.465 e. The molecule has 5 rings (SSSR count). The van der Waals surface area contributed by atoms with E-state index < -0.39 is 28.7 Å². The summed E-state index contributed by atoms with van der Waals surface area (Å²) in [5.74, 6) is -0.754. The van der Waals surface area contributed by atoms with E-state index in [1.807, 2.05) is 99.8 Å². The lowest BCUT2D eigenvalue weighted by Crippen LogP contribution is -2.54. The van der Waals surface area contributed by atoms with Crippen LogP contribution in [0, 0.1) is 12.3 Å². The van der Waals surface area contributed by atoms with E-state index in [9.17, 15) is 24.3 Å². The summed E-state index contributed by atoms with van der Waals surface area (Å²) >= 11 is 1.54. The monoisotopic (exact) mass is 798 g/mol. The van der Waals surface area contributed by atoms with Crippen molar-refractivity contribution < 1.29 is 29.4 Å². The number of carboxylic acid groups (broad SMARTS) is 1. The van der Waals surface area contributed by atoms with E-state index in [2.05, 4.69) is 31.5 Å². The van der Waals surface area contributed by atoms with Crippen LogP contribution in [-0.4, -0.2) is 84.8 Å². The van der Waals surface area contributed by atoms with Crippen LogP contribution in [0.25, 0.3) is 11.3 Å². The Balaban J connectivity index is 1.35. The summed E-state index contributed by atoms with van der Waals surface area (Å²) in [5.41, 5.74) is 6.98. The number of aromatic nitrogens is 2. The molecular formula is C42H54N8O6S. The molecule has 0 spiro atoms. The second-order valence-electron chi connectivity index (χ2n) is 15.5. The zero-order valence-corrected chi connectivity index (χ0v) is 34.1. The Labute approximate surface area is 338 Å². The molecule has 2 atom stereocenters. The van der Waals surface area contributed by atoms with Gasteiger partial charge in [-0.1, -0.05) is 61.5 Å². The molecule has 0 bridgehead atoms. The highest BCUT2D eigenvalue weighted by molar-refractivity contribution is 7.09. The van der Waals surface area contributed by atoms with Crippen molar-refractivity contribution in [1.82, 2.24) is 41.3 Å². The lowest BCUT2D eigenvalue weighted by Gasteiger charge is -2.37. The van der Waals surface area contributed by atoms with Crippen LogP contribution in [0.15, 0.2) is 78.3 Å². The molecule has 2 aromatic heterocycles. The lowest BCUT2D eigenvalue weighted by molar-refractivity contribution is -0.132. The third kappa shape index (κ3) is 11.6. The predicted octanol–water partition coefficient (Wildman–Crippen LogP) is 5.40. The smallest absolute Gasteiger partial charge is 0.404 e. The molecule has 304 valence electrons. The number of benzene rings is 2. The highest BCUT2D eigenvalue weighted by atomic mass is 32.1. The summed E-state index contributed by atoms with van der Waals surface area (Å²) < 4.78 is 0. The van der Waals surface area contributed by atoms with E-state index in [4.69, 9.17) is 5.11 Å². The molecule has 14 nitrogen and oxygen atoms in total. The van der Waals surface area contributed by atoms with Gasteiger partial charge in [0.2, 0.25) is 11.8 Å². The molecule has 1 aliphatic heterocycles. The standard InChI is InChI=1S/C42H54N8O6S/c1-6-41(5,28-44-38(53)54)37(52)48-45-25-31-15-16-34(35-14-10-11-19-43-35)32(22-31)23-42(56,18-17-30-12-8-7-9-13-30)47-36(51)24-40(3,4)50-21-20-49(39(50)55)26-33-27-57-29(2)46-33/h7-16,19,22,27,44-45,56H,6,17-18,20-21,23-26,28H2,1-5H3,(H,47,51)(H,48,52)(H,53,54). The molecule has 1 saturated heterocycles. The molecule has 0 aliphatic carbocycles. The minimum absolute atomic E-state index is 0.0363. The van der Waals surface area contributed by atoms with Crippen LogP contribution >= 0.6 is 11.3 Å². The molecule has 0 saturated carbocycles. The van der Waals surface area contributed by atoms with E-state index in [0.29, 0.717) is 38.2 Å². The van der Waals surface area contributed by atoms with Gasteiger partial charge < -0.3 is 30.6 Å². The zero-order valence-electron chi connectivity index (χ0n) is 33.3. The number of carbonyl (C=O) groups excluding carboxylic acids is 3. The Morgan fingerprint density at radius 2 is 1.74 bits per heavy atom. The SMILES string of the molecule is CCC(C)(CNC(=O)O)C(=O)NNCc1ccc(-c2ccccn2)c(CC(O)(CCc2ccccc2)NC(=O)CC(C)(C)N2CCN(Cc3csc(C)n3)C2=O)c1. The third-order valence-electron chi connectivity index (χ3n) is 10.5. The number of thiazole rings is 1. The van der Waals surface area contributed by atoms with E-state index in [1.54, 1.807) is 34.3 Å². The maximum atomic E-state index is 14.0. The molecule has 2 unspecified atom stereocenters. The second kappa shape index (κ2) is 18.7. The second-order valence-corrected chi connectivity index (χ2v) is 16.6. The van der Waals surface area contributed by atoms with Gasteiger partial charge in [-0.15, -0.1) is 11.3 Å². The number of carbonyl (C=O) groups is 4. The highest BCUT2D eigenvalue weighted by Gasteiger charge is 2.41. The molecule has 5 amide bonds. The van der Waals surface area contributed by atoms with Gasteiger partial charge in [0.25, 0.3) is 0 Å². The fourth-order valence-electron chi connectivity index (χ4n) is 6.95. The van der Waals surface area contributed by atoms with E-state index in [1.165, 1.54) is 0 Å². The van der Waals surface area contributed by atoms with Gasteiger partial charge in [-0.05, 0) is 75.8 Å². The number of aryl methyl sites for hydroxylation is 2. The first-order valence-corrected chi connectivity index (χ1v) is 20.1. The number of pyridine rings is 1. The average molecular weight is 799 g/mol. The van der Waals surface area contributed by atoms with Gasteiger partial charge in [0.15, 0.2) is 0 Å². The van der Waals surface area contributed by atoms with Crippen LogP contribution in [0.4, 0.5) is 9.59 Å². The van der Waals surface area contributed by atoms with E-state index >= 15 is 0 Å². The van der Waals surface area contributed by atoms with Gasteiger partial charge in [-0.2, -0.15) is 0 Å². The summed E-state index contributed by atoms with van der Waals surface area (Å²) in [6, 6.07) is 20.9. The number of nitrogens with one attached hydrogen (secondary N) is 4. The maximum Gasteiger partial charge on any atom is 0.404 e. The van der Waals surface area contributed by atoms with Crippen LogP contribution in [-0.2, 0) is 35.5 Å². The maximum absolute atomic E-state index is 14.0. The number of rotatable bonds is 19. The molecule has 15 heteroatoms. The predicted molar refractivity (Wildman–Crippen MR) is 219 cm³/mol. The number of hydrazine groups is 1. The number of hydrogen-bond acceptors (Lipinski definition) is 9.